The normalized spacial score (nSPS) is 10.1. The third kappa shape index (κ3) is 4.36. The van der Waals surface area contributed by atoms with E-state index >= 15 is 0 Å². The van der Waals surface area contributed by atoms with Crippen molar-refractivity contribution < 1.29 is 14.3 Å². The van der Waals surface area contributed by atoms with Crippen LogP contribution in [-0.2, 0) is 9.53 Å². The first-order valence-corrected chi connectivity index (χ1v) is 6.40. The van der Waals surface area contributed by atoms with Crippen molar-refractivity contribution in [2.45, 2.75) is 13.3 Å². The van der Waals surface area contributed by atoms with Crippen molar-refractivity contribution in [2.24, 2.45) is 0 Å². The van der Waals surface area contributed by atoms with Gasteiger partial charge in [0.2, 0.25) is 0 Å². The van der Waals surface area contributed by atoms with Crippen LogP contribution >= 0.6 is 22.9 Å². The fraction of sp³-hybridized carbons (Fsp3) is 0.455. The molecule has 0 saturated carbocycles. The Labute approximate surface area is 109 Å². The number of nitrogens with zero attached hydrogens (tertiary/aromatic N) is 1. The molecule has 6 heteroatoms. The van der Waals surface area contributed by atoms with E-state index in [1.807, 2.05) is 0 Å². The summed E-state index contributed by atoms with van der Waals surface area (Å²) in [6, 6.07) is 3.36. The summed E-state index contributed by atoms with van der Waals surface area (Å²) in [4.78, 5) is 25.0. The Balaban J connectivity index is 2.45. The molecule has 1 aromatic heterocycles. The van der Waals surface area contributed by atoms with Gasteiger partial charge in [-0.1, -0.05) is 11.6 Å². The summed E-state index contributed by atoms with van der Waals surface area (Å²) < 4.78 is 5.36. The van der Waals surface area contributed by atoms with E-state index in [1.54, 1.807) is 26.1 Å². The smallest absolute Gasteiger partial charge is 0.307 e. The average Bonchev–Trinajstić information content (AvgIpc) is 2.72. The Morgan fingerprint density at radius 2 is 2.18 bits per heavy atom. The molecule has 0 bridgehead atoms. The molecule has 4 nitrogen and oxygen atoms in total. The van der Waals surface area contributed by atoms with Crippen molar-refractivity contribution in [3.8, 4) is 0 Å². The van der Waals surface area contributed by atoms with E-state index in [0.29, 0.717) is 22.4 Å². The number of halogens is 1. The van der Waals surface area contributed by atoms with Gasteiger partial charge in [0.05, 0.1) is 22.2 Å². The average molecular weight is 276 g/mol. The first kappa shape index (κ1) is 14.0. The highest BCUT2D eigenvalue weighted by molar-refractivity contribution is 7.17. The van der Waals surface area contributed by atoms with Crippen LogP contribution in [0.2, 0.25) is 4.34 Å². The Bertz CT molecular complexity index is 405. The lowest BCUT2D eigenvalue weighted by Crippen LogP contribution is -2.28. The highest BCUT2D eigenvalue weighted by Gasteiger charge is 2.15. The van der Waals surface area contributed by atoms with E-state index in [1.165, 1.54) is 16.2 Å². The Morgan fingerprint density at radius 1 is 1.47 bits per heavy atom. The van der Waals surface area contributed by atoms with Crippen LogP contribution in [0.5, 0.6) is 0 Å². The van der Waals surface area contributed by atoms with E-state index in [0.717, 1.165) is 0 Å². The second-order valence-corrected chi connectivity index (χ2v) is 5.10. The monoisotopic (exact) mass is 275 g/mol. The quantitative estimate of drug-likeness (QED) is 0.776. The molecule has 0 saturated heterocycles. The molecule has 0 aliphatic carbocycles. The summed E-state index contributed by atoms with van der Waals surface area (Å²) in [5.74, 6) is -0.428. The zero-order valence-corrected chi connectivity index (χ0v) is 11.3. The fourth-order valence-corrected chi connectivity index (χ4v) is 2.25. The molecule has 0 aliphatic heterocycles. The van der Waals surface area contributed by atoms with Crippen LogP contribution in [0.4, 0.5) is 0 Å². The van der Waals surface area contributed by atoms with Crippen molar-refractivity contribution in [2.75, 3.05) is 20.2 Å². The second kappa shape index (κ2) is 6.61. The summed E-state index contributed by atoms with van der Waals surface area (Å²) in [6.07, 6.45) is 0.204. The lowest BCUT2D eigenvalue weighted by molar-refractivity contribution is -0.143. The minimum absolute atomic E-state index is 0.133. The minimum Gasteiger partial charge on any atom is -0.466 e. The van der Waals surface area contributed by atoms with Crippen LogP contribution in [0.25, 0.3) is 0 Å². The van der Waals surface area contributed by atoms with Gasteiger partial charge in [0.1, 0.15) is 0 Å². The topological polar surface area (TPSA) is 46.6 Å². The van der Waals surface area contributed by atoms with E-state index in [2.05, 4.69) is 0 Å². The summed E-state index contributed by atoms with van der Waals surface area (Å²) in [6.45, 7) is 2.45. The van der Waals surface area contributed by atoms with Crippen molar-refractivity contribution in [3.63, 3.8) is 0 Å². The maximum absolute atomic E-state index is 11.9. The largest absolute Gasteiger partial charge is 0.466 e. The van der Waals surface area contributed by atoms with Gasteiger partial charge in [-0.25, -0.2) is 0 Å². The molecule has 94 valence electrons. The SMILES string of the molecule is CCOC(=O)CCN(C)C(=O)c1ccc(Cl)s1. The number of rotatable bonds is 5. The molecule has 0 aliphatic rings. The van der Waals surface area contributed by atoms with Gasteiger partial charge >= 0.3 is 5.97 Å². The molecule has 0 N–H and O–H groups in total. The highest BCUT2D eigenvalue weighted by atomic mass is 35.5. The number of hydrogen-bond donors (Lipinski definition) is 0. The number of amides is 1. The molecule has 0 radical (unpaired) electrons. The molecule has 0 aromatic carbocycles. The third-order valence-electron chi connectivity index (χ3n) is 2.09. The van der Waals surface area contributed by atoms with Crippen LogP contribution < -0.4 is 0 Å². The Morgan fingerprint density at radius 3 is 2.71 bits per heavy atom. The van der Waals surface area contributed by atoms with Gasteiger partial charge in [-0.2, -0.15) is 0 Å². The third-order valence-corrected chi connectivity index (χ3v) is 3.31. The molecular weight excluding hydrogens is 262 g/mol. The summed E-state index contributed by atoms with van der Waals surface area (Å²) in [7, 11) is 1.65. The van der Waals surface area contributed by atoms with Crippen molar-refractivity contribution in [3.05, 3.63) is 21.3 Å². The van der Waals surface area contributed by atoms with E-state index in [4.69, 9.17) is 16.3 Å². The molecule has 1 amide bonds. The van der Waals surface area contributed by atoms with Gasteiger partial charge in [-0.3, -0.25) is 9.59 Å². The van der Waals surface area contributed by atoms with E-state index in [9.17, 15) is 9.59 Å². The van der Waals surface area contributed by atoms with Crippen LogP contribution in [0.1, 0.15) is 23.0 Å². The first-order chi connectivity index (χ1) is 8.04. The van der Waals surface area contributed by atoms with Crippen molar-refractivity contribution in [1.82, 2.24) is 4.90 Å². The van der Waals surface area contributed by atoms with Crippen LogP contribution in [-0.4, -0.2) is 37.0 Å². The lowest BCUT2D eigenvalue weighted by Gasteiger charge is -2.15. The first-order valence-electron chi connectivity index (χ1n) is 5.21. The molecule has 0 atom stereocenters. The van der Waals surface area contributed by atoms with Crippen LogP contribution in [0.15, 0.2) is 12.1 Å². The van der Waals surface area contributed by atoms with Gasteiger partial charge in [0.15, 0.2) is 0 Å². The fourth-order valence-electron chi connectivity index (χ4n) is 1.21. The summed E-state index contributed by atoms with van der Waals surface area (Å²) >= 11 is 6.98. The highest BCUT2D eigenvalue weighted by Crippen LogP contribution is 2.22. The lowest BCUT2D eigenvalue weighted by atomic mass is 10.3. The van der Waals surface area contributed by atoms with Crippen molar-refractivity contribution >= 4 is 34.8 Å². The number of carbonyl (C=O) groups is 2. The molecule has 1 aromatic rings. The van der Waals surface area contributed by atoms with Crippen LogP contribution in [0.3, 0.4) is 0 Å². The maximum atomic E-state index is 11.9. The van der Waals surface area contributed by atoms with Crippen molar-refractivity contribution in [1.29, 1.82) is 0 Å². The maximum Gasteiger partial charge on any atom is 0.307 e. The standard InChI is InChI=1S/C11H14ClNO3S/c1-3-16-10(14)6-7-13(2)11(15)8-4-5-9(12)17-8/h4-5H,3,6-7H2,1-2H3. The van der Waals surface area contributed by atoms with Gasteiger partial charge in [-0.15, -0.1) is 11.3 Å². The van der Waals surface area contributed by atoms with Gasteiger partial charge < -0.3 is 9.64 Å². The molecule has 1 heterocycles. The number of ether oxygens (including phenoxy) is 1. The molecule has 17 heavy (non-hydrogen) atoms. The predicted molar refractivity (Wildman–Crippen MR) is 67.5 cm³/mol. The van der Waals surface area contributed by atoms with E-state index in [-0.39, 0.29) is 18.3 Å². The van der Waals surface area contributed by atoms with E-state index < -0.39 is 0 Å². The van der Waals surface area contributed by atoms with Gasteiger partial charge in [0, 0.05) is 13.6 Å². The number of esters is 1. The number of thiophene rings is 1. The summed E-state index contributed by atoms with van der Waals surface area (Å²) in [5.41, 5.74) is 0. The molecule has 0 fully saturated rings. The second-order valence-electron chi connectivity index (χ2n) is 3.39. The molecular formula is C11H14ClNO3S. The summed E-state index contributed by atoms with van der Waals surface area (Å²) in [5, 5.41) is 0. The molecule has 0 spiro atoms. The predicted octanol–water partition coefficient (Wildman–Crippen LogP) is 2.43. The zero-order chi connectivity index (χ0) is 12.8. The zero-order valence-electron chi connectivity index (χ0n) is 9.73. The number of carbonyl (C=O) groups excluding carboxylic acids is 2. The van der Waals surface area contributed by atoms with Gasteiger partial charge in [0.25, 0.3) is 5.91 Å². The molecule has 0 unspecified atom stereocenters. The Kier molecular flexibility index (Phi) is 5.44. The molecule has 1 rings (SSSR count). The van der Waals surface area contributed by atoms with Gasteiger partial charge in [-0.05, 0) is 19.1 Å². The minimum atomic E-state index is -0.295. The Hall–Kier alpha value is -1.07. The number of hydrogen-bond acceptors (Lipinski definition) is 4. The van der Waals surface area contributed by atoms with Crippen LogP contribution in [0, 0.1) is 0 Å².